The zero-order chi connectivity index (χ0) is 19.9. The normalized spacial score (nSPS) is 13.6. The van der Waals surface area contributed by atoms with E-state index in [1.165, 1.54) is 17.7 Å². The van der Waals surface area contributed by atoms with Crippen molar-refractivity contribution < 1.29 is 17.9 Å². The van der Waals surface area contributed by atoms with Gasteiger partial charge in [0.05, 0.1) is 18.9 Å². The zero-order valence-corrected chi connectivity index (χ0v) is 17.0. The van der Waals surface area contributed by atoms with Gasteiger partial charge in [-0.3, -0.25) is 0 Å². The van der Waals surface area contributed by atoms with Gasteiger partial charge in [0.25, 0.3) is 0 Å². The Morgan fingerprint density at radius 3 is 2.00 bits per heavy atom. The summed E-state index contributed by atoms with van der Waals surface area (Å²) in [6.07, 6.45) is 1.21. The van der Waals surface area contributed by atoms with Crippen molar-refractivity contribution in [3.8, 4) is 0 Å². The molecule has 0 saturated heterocycles. The molecule has 3 aromatic rings. The molecule has 0 saturated carbocycles. The first-order chi connectivity index (χ1) is 13.4. The number of methoxy groups -OCH3 is 1. The number of ether oxygens (including phenoxy) is 1. The van der Waals surface area contributed by atoms with Crippen molar-refractivity contribution in [2.45, 2.75) is 14.7 Å². The third-order valence-corrected chi connectivity index (χ3v) is 7.78. The number of rotatable bonds is 3. The number of carbonyl (C=O) groups excluding carboxylic acids is 1. The van der Waals surface area contributed by atoms with Crippen LogP contribution in [0.25, 0.3) is 0 Å². The van der Waals surface area contributed by atoms with Gasteiger partial charge in [-0.15, -0.1) is 0 Å². The van der Waals surface area contributed by atoms with E-state index in [0.717, 1.165) is 14.7 Å². The molecule has 5 nitrogen and oxygen atoms in total. The Hall–Kier alpha value is -2.77. The minimum atomic E-state index is -3.52. The highest BCUT2D eigenvalue weighted by Crippen LogP contribution is 2.48. The maximum absolute atomic E-state index is 12.6. The predicted octanol–water partition coefficient (Wildman–Crippen LogP) is 3.98. The molecule has 1 aliphatic rings. The molecule has 0 radical (unpaired) electrons. The lowest BCUT2D eigenvalue weighted by molar-refractivity contribution is 0.0600. The Labute approximate surface area is 167 Å². The summed E-state index contributed by atoms with van der Waals surface area (Å²) in [5.41, 5.74) is 1.74. The Balaban J connectivity index is 1.99. The smallest absolute Gasteiger partial charge is 0.338 e. The minimum absolute atomic E-state index is 0.401. The van der Waals surface area contributed by atoms with Gasteiger partial charge in [0.2, 0.25) is 10.0 Å². The minimum Gasteiger partial charge on any atom is -0.465 e. The number of carbonyl (C=O) groups is 1. The molecule has 0 fully saturated rings. The monoisotopic (exact) mass is 412 g/mol. The number of benzene rings is 3. The van der Waals surface area contributed by atoms with Crippen LogP contribution < -0.4 is 4.31 Å². The second-order valence-electron chi connectivity index (χ2n) is 6.29. The zero-order valence-electron chi connectivity index (χ0n) is 15.3. The summed E-state index contributed by atoms with van der Waals surface area (Å²) in [4.78, 5) is 14.7. The van der Waals surface area contributed by atoms with Gasteiger partial charge in [-0.25, -0.2) is 17.5 Å². The number of fused-ring (bicyclic) bond motifs is 2. The number of esters is 1. The van der Waals surface area contributed by atoms with Crippen molar-refractivity contribution in [1.82, 2.24) is 0 Å². The lowest BCUT2D eigenvalue weighted by Gasteiger charge is -2.29. The van der Waals surface area contributed by atoms with Crippen LogP contribution in [0, 0.1) is 0 Å². The molecule has 1 aliphatic heterocycles. The average Bonchev–Trinajstić information content (AvgIpc) is 2.70. The van der Waals surface area contributed by atoms with E-state index >= 15 is 0 Å². The van der Waals surface area contributed by atoms with Crippen molar-refractivity contribution in [2.24, 2.45) is 0 Å². The SMILES string of the molecule is COC(=O)c1cccc([S+]2c3ccccc3N(S(C)(=O)=O)c3ccccc32)c1. The van der Waals surface area contributed by atoms with E-state index < -0.39 is 26.9 Å². The van der Waals surface area contributed by atoms with E-state index in [4.69, 9.17) is 4.74 Å². The number of hydrogen-bond donors (Lipinski definition) is 0. The van der Waals surface area contributed by atoms with E-state index in [2.05, 4.69) is 0 Å². The number of sulfonamides is 1. The van der Waals surface area contributed by atoms with Crippen molar-refractivity contribution in [2.75, 3.05) is 17.7 Å². The van der Waals surface area contributed by atoms with Crippen molar-refractivity contribution in [3.05, 3.63) is 78.4 Å². The number of nitrogens with zero attached hydrogens (tertiary/aromatic N) is 1. The van der Waals surface area contributed by atoms with Crippen molar-refractivity contribution >= 4 is 38.3 Å². The van der Waals surface area contributed by atoms with Gasteiger partial charge in [-0.1, -0.05) is 30.3 Å². The van der Waals surface area contributed by atoms with Crippen LogP contribution in [0.15, 0.2) is 87.5 Å². The third kappa shape index (κ3) is 3.06. The van der Waals surface area contributed by atoms with Crippen LogP contribution in [0.4, 0.5) is 11.4 Å². The van der Waals surface area contributed by atoms with E-state index in [1.807, 2.05) is 66.7 Å². The Morgan fingerprint density at radius 2 is 1.46 bits per heavy atom. The van der Waals surface area contributed by atoms with E-state index in [-0.39, 0.29) is 0 Å². The molecule has 142 valence electrons. The lowest BCUT2D eigenvalue weighted by Crippen LogP contribution is -2.31. The summed E-state index contributed by atoms with van der Waals surface area (Å²) in [6.45, 7) is 0. The molecule has 7 heteroatoms. The van der Waals surface area contributed by atoms with Crippen LogP contribution in [0.5, 0.6) is 0 Å². The lowest BCUT2D eigenvalue weighted by atomic mass is 10.2. The molecule has 4 rings (SSSR count). The highest BCUT2D eigenvalue weighted by Gasteiger charge is 2.43. The Kier molecular flexibility index (Phi) is 4.64. The Bertz CT molecular complexity index is 1130. The van der Waals surface area contributed by atoms with Gasteiger partial charge in [0.1, 0.15) is 22.3 Å². The summed E-state index contributed by atoms with van der Waals surface area (Å²) in [5, 5.41) is 0. The van der Waals surface area contributed by atoms with Crippen LogP contribution in [-0.2, 0) is 25.7 Å². The average molecular weight is 413 g/mol. The first kappa shape index (κ1) is 18.6. The summed E-state index contributed by atoms with van der Waals surface area (Å²) in [7, 11) is -2.72. The number of anilines is 2. The first-order valence-electron chi connectivity index (χ1n) is 8.53. The van der Waals surface area contributed by atoms with Crippen molar-refractivity contribution in [3.63, 3.8) is 0 Å². The third-order valence-electron chi connectivity index (χ3n) is 4.43. The molecular weight excluding hydrogens is 394 g/mol. The quantitative estimate of drug-likeness (QED) is 0.482. The number of para-hydroxylation sites is 2. The van der Waals surface area contributed by atoms with Crippen LogP contribution in [0.1, 0.15) is 10.4 Å². The molecule has 1 heterocycles. The van der Waals surface area contributed by atoms with Gasteiger partial charge in [0.15, 0.2) is 14.7 Å². The standard InChI is InChI=1S/C21H18NO4S2/c1-26-21(23)15-8-7-9-16(14-15)27-19-12-5-3-10-17(19)22(28(2,24)25)18-11-4-6-13-20(18)27/h3-14H,1-2H3/q+1. The fraction of sp³-hybridized carbons (Fsp3) is 0.0952. The summed E-state index contributed by atoms with van der Waals surface area (Å²) >= 11 is 0. The maximum atomic E-state index is 12.6. The highest BCUT2D eigenvalue weighted by atomic mass is 32.2. The molecule has 0 bridgehead atoms. The molecular formula is C21H18NO4S2+. The van der Waals surface area contributed by atoms with Crippen molar-refractivity contribution in [1.29, 1.82) is 0 Å². The molecule has 0 atom stereocenters. The van der Waals surface area contributed by atoms with E-state index in [9.17, 15) is 13.2 Å². The molecule has 3 aromatic carbocycles. The van der Waals surface area contributed by atoms with Crippen LogP contribution in [-0.4, -0.2) is 27.8 Å². The van der Waals surface area contributed by atoms with Gasteiger partial charge < -0.3 is 4.74 Å². The molecule has 0 aliphatic carbocycles. The molecule has 0 spiro atoms. The molecule has 0 unspecified atom stereocenters. The van der Waals surface area contributed by atoms with Crippen LogP contribution in [0.3, 0.4) is 0 Å². The molecule has 0 amide bonds. The fourth-order valence-electron chi connectivity index (χ4n) is 3.32. The van der Waals surface area contributed by atoms with E-state index in [0.29, 0.717) is 16.9 Å². The van der Waals surface area contributed by atoms with Gasteiger partial charge >= 0.3 is 5.97 Å². The second-order valence-corrected chi connectivity index (χ2v) is 10.1. The van der Waals surface area contributed by atoms with Gasteiger partial charge in [0, 0.05) is 6.07 Å². The largest absolute Gasteiger partial charge is 0.465 e. The second kappa shape index (κ2) is 7.00. The highest BCUT2D eigenvalue weighted by molar-refractivity contribution is 7.98. The summed E-state index contributed by atoms with van der Waals surface area (Å²) in [6, 6.07) is 22.3. The topological polar surface area (TPSA) is 63.7 Å². The predicted molar refractivity (Wildman–Crippen MR) is 110 cm³/mol. The van der Waals surface area contributed by atoms with Gasteiger partial charge in [-0.2, -0.15) is 0 Å². The van der Waals surface area contributed by atoms with Crippen LogP contribution in [0.2, 0.25) is 0 Å². The molecule has 28 heavy (non-hydrogen) atoms. The van der Waals surface area contributed by atoms with E-state index in [1.54, 1.807) is 6.07 Å². The first-order valence-corrected chi connectivity index (χ1v) is 11.6. The molecule has 0 aromatic heterocycles. The van der Waals surface area contributed by atoms with Crippen LogP contribution >= 0.6 is 0 Å². The molecule has 0 N–H and O–H groups in total. The fourth-order valence-corrected chi connectivity index (χ4v) is 6.84. The summed E-state index contributed by atoms with van der Waals surface area (Å²) in [5.74, 6) is -0.401. The van der Waals surface area contributed by atoms with Gasteiger partial charge in [-0.05, 0) is 36.4 Å². The summed E-state index contributed by atoms with van der Waals surface area (Å²) < 4.78 is 31.5. The maximum Gasteiger partial charge on any atom is 0.338 e. The Morgan fingerprint density at radius 1 is 0.893 bits per heavy atom. The number of hydrogen-bond acceptors (Lipinski definition) is 4.